The maximum Gasteiger partial charge on any atom is 0.339 e. The molecule has 0 bridgehead atoms. The predicted octanol–water partition coefficient (Wildman–Crippen LogP) is 2.07. The number of benzene rings is 1. The molecule has 0 aliphatic carbocycles. The molecule has 1 rings (SSSR count). The van der Waals surface area contributed by atoms with E-state index in [9.17, 15) is 4.79 Å². The lowest BCUT2D eigenvalue weighted by atomic mass is 10.2. The zero-order valence-electron chi connectivity index (χ0n) is 6.73. The highest BCUT2D eigenvalue weighted by Gasteiger charge is 1.76. The molecule has 1 aromatic rings. The van der Waals surface area contributed by atoms with E-state index in [1.807, 2.05) is 18.2 Å². The molecule has 3 heteroatoms. The summed E-state index contributed by atoms with van der Waals surface area (Å²) in [5.74, 6) is -1.06. The van der Waals surface area contributed by atoms with Crippen molar-refractivity contribution in [3.63, 3.8) is 0 Å². The molecular weight excluding hydrogens is 172 g/mol. The third-order valence-corrected chi connectivity index (χ3v) is 1.24. The van der Waals surface area contributed by atoms with Crippen molar-refractivity contribution in [1.29, 1.82) is 0 Å². The van der Waals surface area contributed by atoms with Gasteiger partial charge in [0.1, 0.15) is 0 Å². The van der Waals surface area contributed by atoms with E-state index in [2.05, 4.69) is 31.3 Å². The predicted molar refractivity (Wildman–Crippen MR) is 52.5 cm³/mol. The molecule has 0 aliphatic heterocycles. The molecule has 64 valence electrons. The monoisotopic (exact) mass is 182 g/mol. The summed E-state index contributed by atoms with van der Waals surface area (Å²) in [4.78, 5) is 9.21. The van der Waals surface area contributed by atoms with Crippen molar-refractivity contribution in [2.45, 2.75) is 6.92 Å². The van der Waals surface area contributed by atoms with Gasteiger partial charge >= 0.3 is 5.97 Å². The minimum absolute atomic E-state index is 0.667. The largest absolute Gasteiger partial charge is 0.477 e. The second-order valence-corrected chi connectivity index (χ2v) is 2.35. The van der Waals surface area contributed by atoms with Gasteiger partial charge in [0, 0.05) is 0 Å². The third-order valence-electron chi connectivity index (χ3n) is 1.04. The van der Waals surface area contributed by atoms with Crippen LogP contribution in [-0.2, 0) is 4.79 Å². The van der Waals surface area contributed by atoms with E-state index in [1.54, 1.807) is 0 Å². The summed E-state index contributed by atoms with van der Waals surface area (Å²) in [6.07, 6.45) is 0. The van der Waals surface area contributed by atoms with E-state index in [-0.39, 0.29) is 0 Å². The Bertz CT molecular complexity index is 244. The molecule has 0 amide bonds. The van der Waals surface area contributed by atoms with Gasteiger partial charge in [-0.25, -0.2) is 4.79 Å². The highest BCUT2D eigenvalue weighted by molar-refractivity contribution is 7.80. The SMILES string of the molecule is Cc1ccccc1.O=C(O)C=S. The lowest BCUT2D eigenvalue weighted by molar-refractivity contribution is -0.128. The van der Waals surface area contributed by atoms with Gasteiger partial charge in [-0.1, -0.05) is 48.1 Å². The van der Waals surface area contributed by atoms with Crippen molar-refractivity contribution in [1.82, 2.24) is 0 Å². The van der Waals surface area contributed by atoms with E-state index in [4.69, 9.17) is 5.11 Å². The van der Waals surface area contributed by atoms with Crippen LogP contribution in [0, 0.1) is 6.92 Å². The molecule has 0 heterocycles. The molecule has 0 aliphatic rings. The van der Waals surface area contributed by atoms with E-state index < -0.39 is 5.97 Å². The molecule has 12 heavy (non-hydrogen) atoms. The first-order chi connectivity index (χ1) is 5.66. The molecule has 0 unspecified atom stereocenters. The van der Waals surface area contributed by atoms with Gasteiger partial charge in [0.2, 0.25) is 0 Å². The van der Waals surface area contributed by atoms with Gasteiger partial charge in [0.25, 0.3) is 0 Å². The third kappa shape index (κ3) is 6.89. The molecule has 0 spiro atoms. The van der Waals surface area contributed by atoms with Crippen molar-refractivity contribution in [2.24, 2.45) is 0 Å². The minimum Gasteiger partial charge on any atom is -0.477 e. The van der Waals surface area contributed by atoms with Gasteiger partial charge in [0.05, 0.1) is 5.37 Å². The van der Waals surface area contributed by atoms with Gasteiger partial charge in [-0.05, 0) is 6.92 Å². The van der Waals surface area contributed by atoms with Crippen LogP contribution in [-0.4, -0.2) is 16.4 Å². The van der Waals surface area contributed by atoms with Crippen molar-refractivity contribution >= 4 is 23.6 Å². The number of carboxylic acids is 1. The van der Waals surface area contributed by atoms with Crippen molar-refractivity contribution < 1.29 is 9.90 Å². The fourth-order valence-electron chi connectivity index (χ4n) is 0.534. The molecule has 0 radical (unpaired) electrons. The first-order valence-corrected chi connectivity index (χ1v) is 3.83. The summed E-state index contributed by atoms with van der Waals surface area (Å²) >= 11 is 3.95. The van der Waals surface area contributed by atoms with Crippen LogP contribution in [0.3, 0.4) is 0 Å². The Kier molecular flexibility index (Phi) is 5.83. The smallest absolute Gasteiger partial charge is 0.339 e. The summed E-state index contributed by atoms with van der Waals surface area (Å²) in [7, 11) is 0. The maximum absolute atomic E-state index is 9.21. The average Bonchev–Trinajstić information content (AvgIpc) is 2.07. The zero-order chi connectivity index (χ0) is 9.40. The first-order valence-electron chi connectivity index (χ1n) is 3.36. The molecule has 0 saturated carbocycles. The van der Waals surface area contributed by atoms with E-state index in [1.165, 1.54) is 5.56 Å². The fourth-order valence-corrected chi connectivity index (χ4v) is 0.534. The summed E-state index contributed by atoms with van der Waals surface area (Å²) < 4.78 is 0. The van der Waals surface area contributed by atoms with Crippen LogP contribution in [0.15, 0.2) is 30.3 Å². The normalized spacial score (nSPS) is 7.75. The molecule has 0 fully saturated rings. The van der Waals surface area contributed by atoms with E-state index in [0.29, 0.717) is 5.37 Å². The molecule has 1 aromatic carbocycles. The quantitative estimate of drug-likeness (QED) is 0.675. The van der Waals surface area contributed by atoms with Gasteiger partial charge in [-0.15, -0.1) is 0 Å². The number of aliphatic carboxylic acids is 1. The average molecular weight is 182 g/mol. The van der Waals surface area contributed by atoms with Crippen LogP contribution in [0.4, 0.5) is 0 Å². The van der Waals surface area contributed by atoms with E-state index >= 15 is 0 Å². The summed E-state index contributed by atoms with van der Waals surface area (Å²) in [6.45, 7) is 2.08. The zero-order valence-corrected chi connectivity index (χ0v) is 7.54. The molecule has 2 nitrogen and oxygen atoms in total. The lowest BCUT2D eigenvalue weighted by Crippen LogP contribution is -1.89. The number of hydrogen-bond acceptors (Lipinski definition) is 2. The van der Waals surface area contributed by atoms with Gasteiger partial charge in [0.15, 0.2) is 0 Å². The first kappa shape index (κ1) is 10.8. The number of carboxylic acid groups (broad SMARTS) is 1. The Balaban J connectivity index is 0.000000217. The fraction of sp³-hybridized carbons (Fsp3) is 0.111. The number of hydrogen-bond donors (Lipinski definition) is 1. The Hall–Kier alpha value is -1.22. The molecule has 1 N–H and O–H groups in total. The number of carbonyl (C=O) groups is 1. The Morgan fingerprint density at radius 2 is 1.83 bits per heavy atom. The maximum atomic E-state index is 9.21. The lowest BCUT2D eigenvalue weighted by Gasteiger charge is -1.82. The van der Waals surface area contributed by atoms with Crippen molar-refractivity contribution in [3.05, 3.63) is 35.9 Å². The Morgan fingerprint density at radius 1 is 1.42 bits per heavy atom. The highest BCUT2D eigenvalue weighted by Crippen LogP contribution is 1.92. The van der Waals surface area contributed by atoms with Crippen LogP contribution >= 0.6 is 12.2 Å². The number of rotatable bonds is 1. The number of aryl methyl sites for hydroxylation is 1. The van der Waals surface area contributed by atoms with Gasteiger partial charge in [-0.2, -0.15) is 0 Å². The molecule has 0 atom stereocenters. The van der Waals surface area contributed by atoms with Crippen molar-refractivity contribution in [3.8, 4) is 0 Å². The van der Waals surface area contributed by atoms with Crippen LogP contribution in [0.1, 0.15) is 5.56 Å². The van der Waals surface area contributed by atoms with Crippen LogP contribution in [0.25, 0.3) is 0 Å². The Labute approximate surface area is 76.8 Å². The summed E-state index contributed by atoms with van der Waals surface area (Å²) in [6, 6.07) is 10.3. The van der Waals surface area contributed by atoms with Crippen LogP contribution in [0.2, 0.25) is 0 Å². The highest BCUT2D eigenvalue weighted by atomic mass is 32.1. The van der Waals surface area contributed by atoms with Crippen LogP contribution < -0.4 is 0 Å². The second kappa shape index (κ2) is 6.49. The van der Waals surface area contributed by atoms with Crippen LogP contribution in [0.5, 0.6) is 0 Å². The molecule has 0 aromatic heterocycles. The van der Waals surface area contributed by atoms with Gasteiger partial charge in [-0.3, -0.25) is 0 Å². The molecule has 0 saturated heterocycles. The number of thiocarbonyl (C=S) groups is 1. The molecular formula is C9H10O2S. The summed E-state index contributed by atoms with van der Waals surface area (Å²) in [5.41, 5.74) is 1.32. The summed E-state index contributed by atoms with van der Waals surface area (Å²) in [5, 5.41) is 8.23. The Morgan fingerprint density at radius 3 is 2.00 bits per heavy atom. The standard InChI is InChI=1S/C7H8.C2H2O2S/c1-7-5-3-2-4-6-7;3-2(4)1-5/h2-6H,1H3;1H,(H,3,4). The van der Waals surface area contributed by atoms with Crippen molar-refractivity contribution in [2.75, 3.05) is 0 Å². The minimum atomic E-state index is -1.06. The van der Waals surface area contributed by atoms with E-state index in [0.717, 1.165) is 0 Å². The second-order valence-electron chi connectivity index (χ2n) is 2.11. The van der Waals surface area contributed by atoms with Gasteiger partial charge < -0.3 is 5.11 Å². The topological polar surface area (TPSA) is 37.3 Å².